The quantitative estimate of drug-likeness (QED) is 0.563. The van der Waals surface area contributed by atoms with Gasteiger partial charge in [-0.05, 0) is 67.6 Å². The largest absolute Gasteiger partial charge is 0.336 e. The minimum atomic E-state index is 0.106. The number of carbonyl (C=O) groups excluding carboxylic acids is 1. The first-order valence-electron chi connectivity index (χ1n) is 11.1. The van der Waals surface area contributed by atoms with Crippen molar-refractivity contribution >= 4 is 5.91 Å². The van der Waals surface area contributed by atoms with Crippen molar-refractivity contribution < 1.29 is 4.79 Å². The fraction of sp³-hybridized carbons (Fsp3) is 0.400. The van der Waals surface area contributed by atoms with Crippen LogP contribution in [-0.2, 0) is 24.4 Å². The third-order valence-corrected chi connectivity index (χ3v) is 6.15. The summed E-state index contributed by atoms with van der Waals surface area (Å²) in [4.78, 5) is 21.8. The normalized spacial score (nSPS) is 15.1. The Morgan fingerprint density at radius 2 is 1.94 bits per heavy atom. The lowest BCUT2D eigenvalue weighted by Crippen LogP contribution is -2.41. The van der Waals surface area contributed by atoms with Crippen molar-refractivity contribution in [2.24, 2.45) is 5.92 Å². The topological polar surface area (TPSA) is 54.3 Å². The van der Waals surface area contributed by atoms with Gasteiger partial charge >= 0.3 is 0 Å². The average molecular weight is 418 g/mol. The summed E-state index contributed by atoms with van der Waals surface area (Å²) in [5.41, 5.74) is 3.83. The first-order chi connectivity index (χ1) is 15.2. The molecule has 0 saturated carbocycles. The molecule has 0 unspecified atom stereocenters. The number of nitrogens with zero attached hydrogens (tertiary/aromatic N) is 5. The summed E-state index contributed by atoms with van der Waals surface area (Å²) in [5.74, 6) is 0.626. The Kier molecular flexibility index (Phi) is 7.10. The summed E-state index contributed by atoms with van der Waals surface area (Å²) in [6.07, 6.45) is 9.39. The monoisotopic (exact) mass is 417 g/mol. The Morgan fingerprint density at radius 1 is 1.10 bits per heavy atom. The van der Waals surface area contributed by atoms with Crippen molar-refractivity contribution in [2.45, 2.75) is 39.4 Å². The van der Waals surface area contributed by atoms with Gasteiger partial charge in [-0.1, -0.05) is 30.3 Å². The second kappa shape index (κ2) is 10.4. The molecule has 0 spiro atoms. The van der Waals surface area contributed by atoms with E-state index in [1.165, 1.54) is 11.1 Å². The molecule has 162 valence electrons. The molecule has 3 aromatic rings. The Bertz CT molecular complexity index is 949. The molecule has 0 atom stereocenters. The zero-order valence-corrected chi connectivity index (χ0v) is 18.2. The summed E-state index contributed by atoms with van der Waals surface area (Å²) < 4.78 is 1.70. The van der Waals surface area contributed by atoms with Gasteiger partial charge in [0.1, 0.15) is 6.54 Å². The molecule has 0 aliphatic carbocycles. The molecule has 1 aromatic carbocycles. The van der Waals surface area contributed by atoms with Gasteiger partial charge in [-0.2, -0.15) is 5.10 Å². The number of pyridine rings is 1. The van der Waals surface area contributed by atoms with Crippen molar-refractivity contribution in [2.75, 3.05) is 19.6 Å². The van der Waals surface area contributed by atoms with E-state index < -0.39 is 0 Å². The number of amides is 1. The van der Waals surface area contributed by atoms with Crippen LogP contribution in [0.15, 0.2) is 67.3 Å². The zero-order valence-electron chi connectivity index (χ0n) is 18.2. The molecular weight excluding hydrogens is 386 g/mol. The van der Waals surface area contributed by atoms with Crippen LogP contribution >= 0.6 is 0 Å². The van der Waals surface area contributed by atoms with Crippen molar-refractivity contribution in [3.05, 3.63) is 83.9 Å². The minimum Gasteiger partial charge on any atom is -0.336 e. The van der Waals surface area contributed by atoms with E-state index in [4.69, 9.17) is 0 Å². The predicted molar refractivity (Wildman–Crippen MR) is 121 cm³/mol. The van der Waals surface area contributed by atoms with Gasteiger partial charge in [0.15, 0.2) is 0 Å². The number of aryl methyl sites for hydroxylation is 1. The SMILES string of the molecule is Cc1ccccc1CN1CCC(CN(Cc2cccnc2)C(=O)Cn2cccn2)CC1. The molecule has 6 nitrogen and oxygen atoms in total. The average Bonchev–Trinajstić information content (AvgIpc) is 3.30. The van der Waals surface area contributed by atoms with E-state index in [2.05, 4.69) is 46.2 Å². The summed E-state index contributed by atoms with van der Waals surface area (Å²) in [6.45, 7) is 7.00. The van der Waals surface area contributed by atoms with Gasteiger partial charge in [0, 0.05) is 44.4 Å². The molecule has 1 aliphatic rings. The fourth-order valence-electron chi connectivity index (χ4n) is 4.27. The molecule has 1 amide bonds. The second-order valence-electron chi connectivity index (χ2n) is 8.49. The lowest BCUT2D eigenvalue weighted by Gasteiger charge is -2.35. The maximum atomic E-state index is 13.1. The molecular formula is C25H31N5O. The Hall–Kier alpha value is -2.99. The molecule has 31 heavy (non-hydrogen) atoms. The van der Waals surface area contributed by atoms with E-state index in [0.717, 1.165) is 44.6 Å². The van der Waals surface area contributed by atoms with Crippen LogP contribution in [0.3, 0.4) is 0 Å². The number of piperidine rings is 1. The Labute approximate surface area is 184 Å². The van der Waals surface area contributed by atoms with Crippen molar-refractivity contribution in [3.8, 4) is 0 Å². The van der Waals surface area contributed by atoms with Crippen LogP contribution < -0.4 is 0 Å². The molecule has 1 aliphatic heterocycles. The van der Waals surface area contributed by atoms with Gasteiger partial charge in [-0.25, -0.2) is 0 Å². The number of benzene rings is 1. The number of aromatic nitrogens is 3. The fourth-order valence-corrected chi connectivity index (χ4v) is 4.27. The van der Waals surface area contributed by atoms with Gasteiger partial charge in [0.2, 0.25) is 5.91 Å². The predicted octanol–water partition coefficient (Wildman–Crippen LogP) is 3.53. The van der Waals surface area contributed by atoms with E-state index in [-0.39, 0.29) is 12.5 Å². The smallest absolute Gasteiger partial charge is 0.244 e. The van der Waals surface area contributed by atoms with E-state index in [0.29, 0.717) is 12.5 Å². The van der Waals surface area contributed by atoms with Crippen molar-refractivity contribution in [3.63, 3.8) is 0 Å². The van der Waals surface area contributed by atoms with Crippen molar-refractivity contribution in [1.29, 1.82) is 0 Å². The van der Waals surface area contributed by atoms with E-state index in [9.17, 15) is 4.79 Å². The highest BCUT2D eigenvalue weighted by Crippen LogP contribution is 2.22. The summed E-state index contributed by atoms with van der Waals surface area (Å²) in [7, 11) is 0. The van der Waals surface area contributed by atoms with E-state index >= 15 is 0 Å². The van der Waals surface area contributed by atoms with Gasteiger partial charge in [-0.3, -0.25) is 19.4 Å². The van der Waals surface area contributed by atoms with Crippen LogP contribution in [-0.4, -0.2) is 50.1 Å². The number of hydrogen-bond donors (Lipinski definition) is 0. The maximum Gasteiger partial charge on any atom is 0.244 e. The lowest BCUT2D eigenvalue weighted by molar-refractivity contribution is -0.133. The lowest BCUT2D eigenvalue weighted by atomic mass is 9.95. The number of rotatable bonds is 8. The van der Waals surface area contributed by atoms with Crippen LogP contribution in [0.1, 0.15) is 29.5 Å². The standard InChI is InChI=1S/C25H31N5O/c1-21-6-2-3-8-24(21)19-28-14-9-22(10-15-28)17-29(18-23-7-4-11-26-16-23)25(31)20-30-13-5-12-27-30/h2-8,11-13,16,22H,9-10,14-15,17-20H2,1H3. The van der Waals surface area contributed by atoms with Gasteiger partial charge in [0.25, 0.3) is 0 Å². The summed E-state index contributed by atoms with van der Waals surface area (Å²) >= 11 is 0. The van der Waals surface area contributed by atoms with Crippen LogP contribution in [0.25, 0.3) is 0 Å². The molecule has 6 heteroatoms. The third-order valence-electron chi connectivity index (χ3n) is 6.15. The highest BCUT2D eigenvalue weighted by atomic mass is 16.2. The van der Waals surface area contributed by atoms with Crippen LogP contribution in [0, 0.1) is 12.8 Å². The molecule has 4 rings (SSSR count). The second-order valence-corrected chi connectivity index (χ2v) is 8.49. The van der Waals surface area contributed by atoms with Crippen LogP contribution in [0.2, 0.25) is 0 Å². The number of carbonyl (C=O) groups is 1. The molecule has 1 fully saturated rings. The molecule has 1 saturated heterocycles. The van der Waals surface area contributed by atoms with Crippen LogP contribution in [0.4, 0.5) is 0 Å². The molecule has 3 heterocycles. The Balaban J connectivity index is 1.35. The highest BCUT2D eigenvalue weighted by molar-refractivity contribution is 5.75. The highest BCUT2D eigenvalue weighted by Gasteiger charge is 2.24. The molecule has 0 N–H and O–H groups in total. The maximum absolute atomic E-state index is 13.1. The summed E-state index contributed by atoms with van der Waals surface area (Å²) in [5, 5.41) is 4.20. The minimum absolute atomic E-state index is 0.106. The third kappa shape index (κ3) is 6.01. The summed E-state index contributed by atoms with van der Waals surface area (Å²) in [6, 6.07) is 14.4. The number of hydrogen-bond acceptors (Lipinski definition) is 4. The van der Waals surface area contributed by atoms with Gasteiger partial charge in [0.05, 0.1) is 0 Å². The van der Waals surface area contributed by atoms with Gasteiger partial charge < -0.3 is 4.90 Å². The van der Waals surface area contributed by atoms with E-state index in [1.807, 2.05) is 35.5 Å². The zero-order chi connectivity index (χ0) is 21.5. The first kappa shape index (κ1) is 21.2. The van der Waals surface area contributed by atoms with Crippen molar-refractivity contribution in [1.82, 2.24) is 24.6 Å². The first-order valence-corrected chi connectivity index (χ1v) is 11.1. The molecule has 0 bridgehead atoms. The van der Waals surface area contributed by atoms with E-state index in [1.54, 1.807) is 17.1 Å². The van der Waals surface area contributed by atoms with Crippen LogP contribution in [0.5, 0.6) is 0 Å². The number of likely N-dealkylation sites (tertiary alicyclic amines) is 1. The molecule has 2 aromatic heterocycles. The molecule has 0 radical (unpaired) electrons. The Morgan fingerprint density at radius 3 is 2.65 bits per heavy atom. The van der Waals surface area contributed by atoms with Gasteiger partial charge in [-0.15, -0.1) is 0 Å².